The van der Waals surface area contributed by atoms with Gasteiger partial charge in [-0.25, -0.2) is 0 Å². The van der Waals surface area contributed by atoms with E-state index in [-0.39, 0.29) is 5.92 Å². The molecule has 0 aliphatic carbocycles. The van der Waals surface area contributed by atoms with Crippen molar-refractivity contribution in [2.24, 2.45) is 11.8 Å². The summed E-state index contributed by atoms with van der Waals surface area (Å²) in [4.78, 5) is 0. The van der Waals surface area contributed by atoms with Crippen molar-refractivity contribution >= 4 is 10.1 Å². The smallest absolute Gasteiger partial charge is 0.267 e. The highest BCUT2D eigenvalue weighted by molar-refractivity contribution is 7.85. The van der Waals surface area contributed by atoms with Crippen molar-refractivity contribution in [2.45, 2.75) is 65.0 Å². The van der Waals surface area contributed by atoms with Crippen molar-refractivity contribution < 1.29 is 31.9 Å². The van der Waals surface area contributed by atoms with Gasteiger partial charge in [0, 0.05) is 5.92 Å². The van der Waals surface area contributed by atoms with E-state index < -0.39 is 40.5 Å². The van der Waals surface area contributed by atoms with Gasteiger partial charge in [0.15, 0.2) is 6.29 Å². The molecule has 2 aromatic carbocycles. The molecule has 8 heteroatoms. The Morgan fingerprint density at radius 1 is 0.912 bits per heavy atom. The van der Waals surface area contributed by atoms with E-state index in [2.05, 4.69) is 13.8 Å². The van der Waals surface area contributed by atoms with Gasteiger partial charge in [-0.3, -0.25) is 4.55 Å². The van der Waals surface area contributed by atoms with Crippen LogP contribution < -0.4 is 0 Å². The summed E-state index contributed by atoms with van der Waals surface area (Å²) in [6.45, 7) is 7.11. The van der Waals surface area contributed by atoms with Crippen LogP contribution in [-0.4, -0.2) is 49.9 Å². The standard InChI is InChI=1S/C26H36O7S/c1-4-19(2)15-32-26-25(31-17-22-13-9-6-10-14-22)24(30-16-21-11-7-5-8-12-21)20(3)23(33-26)18-34(27,28)29/h5-14,19-20,23-26H,4,15-18H2,1-3H3,(H,27,28,29). The summed E-state index contributed by atoms with van der Waals surface area (Å²) in [5.74, 6) is -0.607. The van der Waals surface area contributed by atoms with Gasteiger partial charge in [-0.1, -0.05) is 87.9 Å². The third-order valence-corrected chi connectivity index (χ3v) is 6.94. The second-order valence-electron chi connectivity index (χ2n) is 9.02. The molecule has 0 bridgehead atoms. The monoisotopic (exact) mass is 492 g/mol. The van der Waals surface area contributed by atoms with Gasteiger partial charge in [0.05, 0.1) is 32.0 Å². The number of hydrogen-bond donors (Lipinski definition) is 1. The Labute approximate surface area is 203 Å². The Bertz CT molecular complexity index is 952. The van der Waals surface area contributed by atoms with Crippen LogP contribution in [-0.2, 0) is 42.3 Å². The van der Waals surface area contributed by atoms with Gasteiger partial charge in [-0.15, -0.1) is 0 Å². The van der Waals surface area contributed by atoms with E-state index in [9.17, 15) is 13.0 Å². The first-order chi connectivity index (χ1) is 16.3. The quantitative estimate of drug-likeness (QED) is 0.437. The van der Waals surface area contributed by atoms with Crippen molar-refractivity contribution in [3.63, 3.8) is 0 Å². The summed E-state index contributed by atoms with van der Waals surface area (Å²) in [5, 5.41) is 0. The Balaban J connectivity index is 1.84. The van der Waals surface area contributed by atoms with E-state index in [4.69, 9.17) is 18.9 Å². The van der Waals surface area contributed by atoms with Crippen LogP contribution in [0.15, 0.2) is 60.7 Å². The molecule has 188 valence electrons. The molecule has 6 atom stereocenters. The van der Waals surface area contributed by atoms with Crippen molar-refractivity contribution in [2.75, 3.05) is 12.4 Å². The molecule has 7 nitrogen and oxygen atoms in total. The summed E-state index contributed by atoms with van der Waals surface area (Å²) < 4.78 is 57.8. The maximum atomic E-state index is 11.7. The van der Waals surface area contributed by atoms with E-state index in [1.54, 1.807) is 0 Å². The van der Waals surface area contributed by atoms with Gasteiger partial charge in [-0.05, 0) is 17.0 Å². The molecule has 1 aliphatic rings. The maximum Gasteiger partial charge on any atom is 0.267 e. The molecule has 0 radical (unpaired) electrons. The molecule has 1 N–H and O–H groups in total. The van der Waals surface area contributed by atoms with Crippen LogP contribution in [0.4, 0.5) is 0 Å². The van der Waals surface area contributed by atoms with Gasteiger partial charge in [0.25, 0.3) is 10.1 Å². The van der Waals surface area contributed by atoms with E-state index in [0.717, 1.165) is 17.5 Å². The van der Waals surface area contributed by atoms with Gasteiger partial charge < -0.3 is 18.9 Å². The van der Waals surface area contributed by atoms with Crippen molar-refractivity contribution in [1.82, 2.24) is 0 Å². The van der Waals surface area contributed by atoms with Gasteiger partial charge >= 0.3 is 0 Å². The summed E-state index contributed by atoms with van der Waals surface area (Å²) in [7, 11) is -4.26. The first-order valence-corrected chi connectivity index (χ1v) is 13.4. The molecule has 1 fully saturated rings. The largest absolute Gasteiger partial charge is 0.370 e. The van der Waals surface area contributed by atoms with Crippen LogP contribution in [0.2, 0.25) is 0 Å². The Morgan fingerprint density at radius 2 is 1.44 bits per heavy atom. The molecular weight excluding hydrogens is 456 g/mol. The first kappa shape index (κ1) is 26.8. The lowest BCUT2D eigenvalue weighted by molar-refractivity contribution is -0.302. The van der Waals surface area contributed by atoms with E-state index >= 15 is 0 Å². The molecule has 0 amide bonds. The average Bonchev–Trinajstić information content (AvgIpc) is 2.82. The molecule has 1 aliphatic heterocycles. The predicted octanol–water partition coefficient (Wildman–Crippen LogP) is 4.47. The first-order valence-electron chi connectivity index (χ1n) is 11.8. The highest BCUT2D eigenvalue weighted by Gasteiger charge is 2.47. The number of rotatable bonds is 12. The normalized spacial score (nSPS) is 26.3. The molecule has 1 saturated heterocycles. The molecule has 34 heavy (non-hydrogen) atoms. The summed E-state index contributed by atoms with van der Waals surface area (Å²) in [6.07, 6.45) is -1.79. The molecule has 0 saturated carbocycles. The third kappa shape index (κ3) is 8.15. The maximum absolute atomic E-state index is 11.7. The summed E-state index contributed by atoms with van der Waals surface area (Å²) in [6, 6.07) is 19.5. The van der Waals surface area contributed by atoms with Gasteiger partial charge in [0.1, 0.15) is 11.9 Å². The minimum absolute atomic E-state index is 0.293. The topological polar surface area (TPSA) is 91.3 Å². The van der Waals surface area contributed by atoms with Crippen LogP contribution in [0.3, 0.4) is 0 Å². The molecule has 0 aromatic heterocycles. The highest BCUT2D eigenvalue weighted by Crippen LogP contribution is 2.33. The predicted molar refractivity (Wildman–Crippen MR) is 130 cm³/mol. The lowest BCUT2D eigenvalue weighted by Crippen LogP contribution is -2.58. The molecule has 2 aromatic rings. The summed E-state index contributed by atoms with van der Waals surface area (Å²) in [5.41, 5.74) is 1.99. The fourth-order valence-corrected chi connectivity index (χ4v) is 4.70. The minimum Gasteiger partial charge on any atom is -0.370 e. The number of ether oxygens (including phenoxy) is 4. The SMILES string of the molecule is CCC(C)COC1OC(CS(=O)(=O)O)C(C)C(OCc2ccccc2)C1OCc1ccccc1. The zero-order chi connectivity index (χ0) is 24.6. The second kappa shape index (κ2) is 12.8. The molecular formula is C26H36O7S. The average molecular weight is 493 g/mol. The Morgan fingerprint density at radius 3 is 1.94 bits per heavy atom. The van der Waals surface area contributed by atoms with E-state index in [1.807, 2.05) is 67.6 Å². The zero-order valence-corrected chi connectivity index (χ0v) is 20.9. The lowest BCUT2D eigenvalue weighted by atomic mass is 9.91. The molecule has 3 rings (SSSR count). The van der Waals surface area contributed by atoms with Crippen LogP contribution >= 0.6 is 0 Å². The lowest BCUT2D eigenvalue weighted by Gasteiger charge is -2.45. The Hall–Kier alpha value is -1.81. The van der Waals surface area contributed by atoms with Crippen LogP contribution in [0.1, 0.15) is 38.3 Å². The van der Waals surface area contributed by atoms with E-state index in [0.29, 0.717) is 25.7 Å². The summed E-state index contributed by atoms with van der Waals surface area (Å²) >= 11 is 0. The van der Waals surface area contributed by atoms with Crippen molar-refractivity contribution in [3.8, 4) is 0 Å². The highest BCUT2D eigenvalue weighted by atomic mass is 32.2. The van der Waals surface area contributed by atoms with Gasteiger partial charge in [0.2, 0.25) is 0 Å². The number of hydrogen-bond acceptors (Lipinski definition) is 6. The zero-order valence-electron chi connectivity index (χ0n) is 20.1. The van der Waals surface area contributed by atoms with Crippen LogP contribution in [0, 0.1) is 11.8 Å². The molecule has 6 unspecified atom stereocenters. The second-order valence-corrected chi connectivity index (χ2v) is 10.5. The van der Waals surface area contributed by atoms with Crippen LogP contribution in [0.5, 0.6) is 0 Å². The number of benzene rings is 2. The van der Waals surface area contributed by atoms with E-state index in [1.165, 1.54) is 0 Å². The Kier molecular flexibility index (Phi) is 10.1. The molecule has 1 heterocycles. The van der Waals surface area contributed by atoms with Crippen molar-refractivity contribution in [3.05, 3.63) is 71.8 Å². The van der Waals surface area contributed by atoms with Crippen LogP contribution in [0.25, 0.3) is 0 Å². The van der Waals surface area contributed by atoms with Crippen molar-refractivity contribution in [1.29, 1.82) is 0 Å². The fraction of sp³-hybridized carbons (Fsp3) is 0.538. The fourth-order valence-electron chi connectivity index (χ4n) is 3.90. The van der Waals surface area contributed by atoms with Gasteiger partial charge in [-0.2, -0.15) is 8.42 Å². The minimum atomic E-state index is -4.26. The molecule has 0 spiro atoms. The third-order valence-electron chi connectivity index (χ3n) is 6.19.